The molecule has 0 amide bonds. The van der Waals surface area contributed by atoms with Crippen LogP contribution in [0.4, 0.5) is 20.3 Å². The fraction of sp³-hybridized carbons (Fsp3) is 0.312. The monoisotopic (exact) mass is 431 g/mol. The summed E-state index contributed by atoms with van der Waals surface area (Å²) in [5, 5.41) is 0. The average molecular weight is 432 g/mol. The molecule has 0 unspecified atom stereocenters. The van der Waals surface area contributed by atoms with Crippen molar-refractivity contribution in [1.29, 1.82) is 0 Å². The van der Waals surface area contributed by atoms with Crippen molar-refractivity contribution in [3.63, 3.8) is 0 Å². The Morgan fingerprint density at radius 2 is 1.56 bits per heavy atom. The lowest BCUT2D eigenvalue weighted by atomic mass is 10.2. The predicted molar refractivity (Wildman–Crippen MR) is 96.0 cm³/mol. The summed E-state index contributed by atoms with van der Waals surface area (Å²) in [6.45, 7) is 3.01. The Bertz CT molecular complexity index is 821. The van der Waals surface area contributed by atoms with Crippen molar-refractivity contribution in [2.75, 3.05) is 36.0 Å². The highest BCUT2D eigenvalue weighted by Gasteiger charge is 2.26. The molecule has 0 bridgehead atoms. The highest BCUT2D eigenvalue weighted by Crippen LogP contribution is 2.24. The molecule has 25 heavy (non-hydrogen) atoms. The molecule has 2 heterocycles. The van der Waals surface area contributed by atoms with Crippen LogP contribution in [0, 0.1) is 0 Å². The maximum Gasteiger partial charge on any atom is 0.341 e. The van der Waals surface area contributed by atoms with E-state index in [4.69, 9.17) is 0 Å². The van der Waals surface area contributed by atoms with E-state index in [-0.39, 0.29) is 4.90 Å². The molecule has 1 aliphatic heterocycles. The Labute approximate surface area is 153 Å². The number of alkyl halides is 2. The molecule has 0 atom stereocenters. The number of hydrogen-bond acceptors (Lipinski definition) is 5. The third-order valence-corrected chi connectivity index (χ3v) is 5.95. The molecule has 3 rings (SSSR count). The zero-order valence-corrected chi connectivity index (χ0v) is 15.6. The summed E-state index contributed by atoms with van der Waals surface area (Å²) in [5.41, 5.74) is 0.816. The number of halogens is 3. The van der Waals surface area contributed by atoms with Crippen molar-refractivity contribution in [2.24, 2.45) is 0 Å². The normalized spacial score (nSPS) is 15.7. The summed E-state index contributed by atoms with van der Waals surface area (Å²) in [7, 11) is -4.54. The summed E-state index contributed by atoms with van der Waals surface area (Å²) in [6, 6.07) is 9.51. The van der Waals surface area contributed by atoms with Gasteiger partial charge in [0, 0.05) is 42.5 Å². The number of rotatable bonds is 4. The van der Waals surface area contributed by atoms with E-state index < -0.39 is 15.6 Å². The fourth-order valence-corrected chi connectivity index (χ4v) is 3.65. The molecule has 0 spiro atoms. The van der Waals surface area contributed by atoms with Crippen molar-refractivity contribution >= 4 is 37.3 Å². The second kappa shape index (κ2) is 7.25. The van der Waals surface area contributed by atoms with Gasteiger partial charge in [0.05, 0.1) is 4.90 Å². The summed E-state index contributed by atoms with van der Waals surface area (Å²) in [4.78, 5) is 8.28. The molecule has 1 fully saturated rings. The fourth-order valence-electron chi connectivity index (χ4n) is 2.70. The summed E-state index contributed by atoms with van der Waals surface area (Å²) in [5.74, 6) is -2.50. The van der Waals surface area contributed by atoms with Gasteiger partial charge in [0.2, 0.25) is 9.84 Å². The number of nitrogens with zero attached hydrogens (tertiary/aromatic N) is 3. The van der Waals surface area contributed by atoms with E-state index >= 15 is 0 Å². The van der Waals surface area contributed by atoms with Gasteiger partial charge in [-0.2, -0.15) is 8.78 Å². The maximum atomic E-state index is 12.6. The maximum absolute atomic E-state index is 12.6. The van der Waals surface area contributed by atoms with E-state index in [0.29, 0.717) is 0 Å². The SMILES string of the molecule is O=S(=O)(c1ccc(N2CCN(c3ccc(Br)cn3)CC2)cc1)C(F)F. The van der Waals surface area contributed by atoms with Gasteiger partial charge in [0.15, 0.2) is 0 Å². The minimum absolute atomic E-state index is 0.357. The molecule has 1 aromatic carbocycles. The van der Waals surface area contributed by atoms with Crippen LogP contribution < -0.4 is 9.80 Å². The average Bonchev–Trinajstić information content (AvgIpc) is 2.62. The number of pyridine rings is 1. The van der Waals surface area contributed by atoms with Crippen molar-refractivity contribution in [3.05, 3.63) is 47.1 Å². The highest BCUT2D eigenvalue weighted by molar-refractivity contribution is 9.10. The van der Waals surface area contributed by atoms with Crippen LogP contribution in [0.5, 0.6) is 0 Å². The first-order chi connectivity index (χ1) is 11.9. The minimum atomic E-state index is -4.54. The number of sulfone groups is 1. The molecule has 134 valence electrons. The first-order valence-corrected chi connectivity index (χ1v) is 9.95. The molecule has 1 aromatic heterocycles. The van der Waals surface area contributed by atoms with Crippen LogP contribution in [0.2, 0.25) is 0 Å². The van der Waals surface area contributed by atoms with Gasteiger partial charge in [-0.25, -0.2) is 13.4 Å². The zero-order chi connectivity index (χ0) is 18.0. The van der Waals surface area contributed by atoms with Crippen molar-refractivity contribution in [1.82, 2.24) is 4.98 Å². The predicted octanol–water partition coefficient (Wildman–Crippen LogP) is 3.17. The van der Waals surface area contributed by atoms with Gasteiger partial charge >= 0.3 is 5.76 Å². The first kappa shape index (κ1) is 18.1. The van der Waals surface area contributed by atoms with Crippen LogP contribution >= 0.6 is 15.9 Å². The van der Waals surface area contributed by atoms with E-state index in [1.54, 1.807) is 18.3 Å². The molecule has 5 nitrogen and oxygen atoms in total. The Balaban J connectivity index is 1.66. The molecule has 0 radical (unpaired) electrons. The van der Waals surface area contributed by atoms with Crippen LogP contribution in [0.25, 0.3) is 0 Å². The van der Waals surface area contributed by atoms with Gasteiger partial charge < -0.3 is 9.80 Å². The van der Waals surface area contributed by atoms with E-state index in [1.165, 1.54) is 12.1 Å². The molecule has 1 saturated heterocycles. The highest BCUT2D eigenvalue weighted by atomic mass is 79.9. The Morgan fingerprint density at radius 3 is 2.08 bits per heavy atom. The topological polar surface area (TPSA) is 53.5 Å². The van der Waals surface area contributed by atoms with E-state index in [1.807, 2.05) is 12.1 Å². The number of hydrogen-bond donors (Lipinski definition) is 0. The van der Waals surface area contributed by atoms with Gasteiger partial charge in [-0.1, -0.05) is 0 Å². The Kier molecular flexibility index (Phi) is 5.24. The molecule has 0 saturated carbocycles. The van der Waals surface area contributed by atoms with Crippen LogP contribution in [0.15, 0.2) is 52.0 Å². The Hall–Kier alpha value is -1.74. The molecular weight excluding hydrogens is 416 g/mol. The zero-order valence-electron chi connectivity index (χ0n) is 13.1. The molecule has 1 aliphatic rings. The summed E-state index contributed by atoms with van der Waals surface area (Å²) < 4.78 is 49.0. The second-order valence-corrected chi connectivity index (χ2v) is 8.44. The van der Waals surface area contributed by atoms with Crippen molar-refractivity contribution in [2.45, 2.75) is 10.7 Å². The lowest BCUT2D eigenvalue weighted by Gasteiger charge is -2.36. The van der Waals surface area contributed by atoms with Crippen LogP contribution in [0.1, 0.15) is 0 Å². The number of anilines is 2. The van der Waals surface area contributed by atoms with E-state index in [2.05, 4.69) is 30.7 Å². The second-order valence-electron chi connectivity index (χ2n) is 5.61. The first-order valence-electron chi connectivity index (χ1n) is 7.61. The minimum Gasteiger partial charge on any atom is -0.368 e. The number of aromatic nitrogens is 1. The summed E-state index contributed by atoms with van der Waals surface area (Å²) >= 11 is 3.36. The molecular formula is C16H16BrF2N3O2S. The van der Waals surface area contributed by atoms with E-state index in [9.17, 15) is 17.2 Å². The van der Waals surface area contributed by atoms with Gasteiger partial charge in [-0.05, 0) is 52.3 Å². The van der Waals surface area contributed by atoms with Crippen LogP contribution in [0.3, 0.4) is 0 Å². The van der Waals surface area contributed by atoms with Gasteiger partial charge in [-0.15, -0.1) is 0 Å². The molecule has 2 aromatic rings. The third-order valence-electron chi connectivity index (χ3n) is 4.08. The third kappa shape index (κ3) is 3.92. The van der Waals surface area contributed by atoms with E-state index in [0.717, 1.165) is 42.2 Å². The molecule has 0 N–H and O–H groups in total. The smallest absolute Gasteiger partial charge is 0.341 e. The Morgan fingerprint density at radius 1 is 0.960 bits per heavy atom. The number of piperazine rings is 1. The van der Waals surface area contributed by atoms with Crippen molar-refractivity contribution < 1.29 is 17.2 Å². The molecule has 0 aliphatic carbocycles. The van der Waals surface area contributed by atoms with Crippen LogP contribution in [-0.4, -0.2) is 45.3 Å². The standard InChI is InChI=1S/C16H16BrF2N3O2S/c17-12-1-6-15(20-11-12)22-9-7-21(8-10-22)13-2-4-14(5-3-13)25(23,24)16(18)19/h1-6,11,16H,7-10H2. The molecule has 9 heteroatoms. The van der Waals surface area contributed by atoms with Gasteiger partial charge in [0.1, 0.15) is 5.82 Å². The van der Waals surface area contributed by atoms with Crippen LogP contribution in [-0.2, 0) is 9.84 Å². The van der Waals surface area contributed by atoms with Crippen molar-refractivity contribution in [3.8, 4) is 0 Å². The lowest BCUT2D eigenvalue weighted by Crippen LogP contribution is -2.46. The van der Waals surface area contributed by atoms with Gasteiger partial charge in [0.25, 0.3) is 0 Å². The lowest BCUT2D eigenvalue weighted by molar-refractivity contribution is 0.234. The number of benzene rings is 1. The summed E-state index contributed by atoms with van der Waals surface area (Å²) in [6.07, 6.45) is 1.75. The largest absolute Gasteiger partial charge is 0.368 e. The van der Waals surface area contributed by atoms with Gasteiger partial charge in [-0.3, -0.25) is 0 Å². The quantitative estimate of drug-likeness (QED) is 0.743.